The Hall–Kier alpha value is -1.65. The normalized spacial score (nSPS) is 11.4. The lowest BCUT2D eigenvalue weighted by Gasteiger charge is -2.20. The van der Waals surface area contributed by atoms with Crippen LogP contribution >= 0.6 is 0 Å². The zero-order chi connectivity index (χ0) is 13.2. The van der Waals surface area contributed by atoms with Crippen LogP contribution in [-0.2, 0) is 0 Å². The fourth-order valence-corrected chi connectivity index (χ4v) is 1.23. The summed E-state index contributed by atoms with van der Waals surface area (Å²) in [5, 5.41) is 11.7. The van der Waals surface area contributed by atoms with E-state index in [0.717, 1.165) is 6.07 Å². The van der Waals surface area contributed by atoms with Crippen molar-refractivity contribution in [2.75, 3.05) is 11.9 Å². The van der Waals surface area contributed by atoms with E-state index in [-0.39, 0.29) is 16.7 Å². The highest BCUT2D eigenvalue weighted by molar-refractivity contribution is 5.94. The number of rotatable bonds is 3. The molecule has 94 valence electrons. The smallest absolute Gasteiger partial charge is 0.337 e. The fourth-order valence-electron chi connectivity index (χ4n) is 1.23. The van der Waals surface area contributed by atoms with Crippen LogP contribution in [0.3, 0.4) is 0 Å². The predicted octanol–water partition coefficient (Wildman–Crippen LogP) is 3.12. The molecule has 0 spiro atoms. The van der Waals surface area contributed by atoms with E-state index in [1.54, 1.807) is 0 Å². The maximum Gasteiger partial charge on any atom is 0.337 e. The van der Waals surface area contributed by atoms with E-state index in [9.17, 15) is 13.6 Å². The third-order valence-electron chi connectivity index (χ3n) is 2.10. The highest BCUT2D eigenvalue weighted by atomic mass is 19.2. The highest BCUT2D eigenvalue weighted by Gasteiger charge is 2.17. The first-order valence-electron chi connectivity index (χ1n) is 5.17. The topological polar surface area (TPSA) is 49.3 Å². The SMILES string of the molecule is CC(C)(C)CNc1cc(F)c(F)cc1C(=O)O. The Labute approximate surface area is 98.5 Å². The van der Waals surface area contributed by atoms with Crippen LogP contribution in [0.25, 0.3) is 0 Å². The summed E-state index contributed by atoms with van der Waals surface area (Å²) in [5.41, 5.74) is -0.278. The van der Waals surface area contributed by atoms with Gasteiger partial charge < -0.3 is 10.4 Å². The third-order valence-corrected chi connectivity index (χ3v) is 2.10. The first-order valence-corrected chi connectivity index (χ1v) is 5.17. The van der Waals surface area contributed by atoms with E-state index >= 15 is 0 Å². The molecule has 0 aromatic heterocycles. The second-order valence-electron chi connectivity index (χ2n) is 5.03. The van der Waals surface area contributed by atoms with Gasteiger partial charge in [0.1, 0.15) is 0 Å². The van der Waals surface area contributed by atoms with E-state index in [2.05, 4.69) is 5.32 Å². The molecule has 1 rings (SSSR count). The Bertz CT molecular complexity index is 439. The molecule has 1 aromatic carbocycles. The van der Waals surface area contributed by atoms with Crippen LogP contribution in [0.15, 0.2) is 12.1 Å². The molecule has 0 atom stereocenters. The summed E-state index contributed by atoms with van der Waals surface area (Å²) in [6, 6.07) is 1.55. The molecule has 0 heterocycles. The van der Waals surface area contributed by atoms with Gasteiger partial charge in [-0.15, -0.1) is 0 Å². The van der Waals surface area contributed by atoms with Crippen molar-refractivity contribution in [1.29, 1.82) is 0 Å². The Morgan fingerprint density at radius 2 is 1.82 bits per heavy atom. The standard InChI is InChI=1S/C12H15F2NO2/c1-12(2,3)6-15-10-5-9(14)8(13)4-7(10)11(16)17/h4-5,15H,6H2,1-3H3,(H,16,17). The molecular formula is C12H15F2NO2. The van der Waals surface area contributed by atoms with Crippen molar-refractivity contribution in [1.82, 2.24) is 0 Å². The van der Waals surface area contributed by atoms with Crippen molar-refractivity contribution in [3.8, 4) is 0 Å². The minimum atomic E-state index is -1.29. The van der Waals surface area contributed by atoms with Crippen molar-refractivity contribution in [3.63, 3.8) is 0 Å². The summed E-state index contributed by atoms with van der Waals surface area (Å²) in [4.78, 5) is 10.9. The molecule has 0 bridgehead atoms. The second kappa shape index (κ2) is 4.69. The molecule has 0 saturated carbocycles. The lowest BCUT2D eigenvalue weighted by atomic mass is 9.96. The predicted molar refractivity (Wildman–Crippen MR) is 61.3 cm³/mol. The minimum absolute atomic E-state index is 0.0892. The first-order chi connectivity index (χ1) is 7.70. The summed E-state index contributed by atoms with van der Waals surface area (Å²) < 4.78 is 26.0. The number of hydrogen-bond donors (Lipinski definition) is 2. The molecule has 0 radical (unpaired) electrons. The molecule has 1 aromatic rings. The van der Waals surface area contributed by atoms with Crippen LogP contribution < -0.4 is 5.32 Å². The van der Waals surface area contributed by atoms with Gasteiger partial charge in [0.15, 0.2) is 11.6 Å². The second-order valence-corrected chi connectivity index (χ2v) is 5.03. The van der Waals surface area contributed by atoms with Crippen molar-refractivity contribution < 1.29 is 18.7 Å². The van der Waals surface area contributed by atoms with Gasteiger partial charge in [0.05, 0.1) is 11.3 Å². The van der Waals surface area contributed by atoms with E-state index in [0.29, 0.717) is 12.6 Å². The summed E-state index contributed by atoms with van der Waals surface area (Å²) in [6.07, 6.45) is 0. The number of benzene rings is 1. The Kier molecular flexibility index (Phi) is 3.70. The van der Waals surface area contributed by atoms with Gasteiger partial charge in [-0.2, -0.15) is 0 Å². The van der Waals surface area contributed by atoms with Gasteiger partial charge >= 0.3 is 5.97 Å². The average Bonchev–Trinajstić information content (AvgIpc) is 2.17. The molecule has 3 nitrogen and oxygen atoms in total. The molecule has 0 aliphatic rings. The molecule has 0 aliphatic carbocycles. The van der Waals surface area contributed by atoms with Gasteiger partial charge in [-0.25, -0.2) is 13.6 Å². The molecule has 0 amide bonds. The van der Waals surface area contributed by atoms with Crippen LogP contribution in [0.5, 0.6) is 0 Å². The Morgan fingerprint density at radius 1 is 1.29 bits per heavy atom. The monoisotopic (exact) mass is 243 g/mol. The van der Waals surface area contributed by atoms with Gasteiger partial charge in [-0.3, -0.25) is 0 Å². The number of carbonyl (C=O) groups is 1. The van der Waals surface area contributed by atoms with Crippen molar-refractivity contribution in [2.24, 2.45) is 5.41 Å². The summed E-state index contributed by atoms with van der Waals surface area (Å²) in [6.45, 7) is 6.29. The summed E-state index contributed by atoms with van der Waals surface area (Å²) in [5.74, 6) is -3.52. The van der Waals surface area contributed by atoms with Crippen LogP contribution in [0.2, 0.25) is 0 Å². The summed E-state index contributed by atoms with van der Waals surface area (Å²) >= 11 is 0. The lowest BCUT2D eigenvalue weighted by molar-refractivity contribution is 0.0697. The molecule has 0 aliphatic heterocycles. The lowest BCUT2D eigenvalue weighted by Crippen LogP contribution is -2.20. The molecule has 2 N–H and O–H groups in total. The molecule has 0 unspecified atom stereocenters. The van der Waals surface area contributed by atoms with Gasteiger partial charge in [0, 0.05) is 12.6 Å². The largest absolute Gasteiger partial charge is 0.478 e. The Morgan fingerprint density at radius 3 is 2.29 bits per heavy atom. The number of halogens is 2. The third kappa shape index (κ3) is 3.69. The molecule has 5 heteroatoms. The van der Waals surface area contributed by atoms with E-state index < -0.39 is 17.6 Å². The maximum atomic E-state index is 13.0. The van der Waals surface area contributed by atoms with Crippen LogP contribution in [0, 0.1) is 17.0 Å². The van der Waals surface area contributed by atoms with Gasteiger partial charge in [0.25, 0.3) is 0 Å². The van der Waals surface area contributed by atoms with E-state index in [4.69, 9.17) is 5.11 Å². The number of anilines is 1. The maximum absolute atomic E-state index is 13.0. The van der Waals surface area contributed by atoms with E-state index in [1.807, 2.05) is 20.8 Å². The van der Waals surface area contributed by atoms with E-state index in [1.165, 1.54) is 0 Å². The molecule has 0 saturated heterocycles. The van der Waals surface area contributed by atoms with Crippen molar-refractivity contribution >= 4 is 11.7 Å². The van der Waals surface area contributed by atoms with Crippen LogP contribution in [0.4, 0.5) is 14.5 Å². The molecule has 0 fully saturated rings. The Balaban J connectivity index is 3.05. The molecule has 17 heavy (non-hydrogen) atoms. The van der Waals surface area contributed by atoms with Crippen LogP contribution in [-0.4, -0.2) is 17.6 Å². The van der Waals surface area contributed by atoms with Gasteiger partial charge in [-0.1, -0.05) is 20.8 Å². The zero-order valence-electron chi connectivity index (χ0n) is 9.97. The quantitative estimate of drug-likeness (QED) is 0.857. The molecular weight excluding hydrogens is 228 g/mol. The minimum Gasteiger partial charge on any atom is -0.478 e. The average molecular weight is 243 g/mol. The summed E-state index contributed by atoms with van der Waals surface area (Å²) in [7, 11) is 0. The zero-order valence-corrected chi connectivity index (χ0v) is 9.97. The van der Waals surface area contributed by atoms with Crippen LogP contribution in [0.1, 0.15) is 31.1 Å². The van der Waals surface area contributed by atoms with Gasteiger partial charge in [0.2, 0.25) is 0 Å². The van der Waals surface area contributed by atoms with Gasteiger partial charge in [-0.05, 0) is 11.5 Å². The fraction of sp³-hybridized carbons (Fsp3) is 0.417. The number of aromatic carboxylic acids is 1. The number of carboxylic acid groups (broad SMARTS) is 1. The number of nitrogens with one attached hydrogen (secondary N) is 1. The van der Waals surface area contributed by atoms with Crippen molar-refractivity contribution in [3.05, 3.63) is 29.3 Å². The number of carboxylic acids is 1. The number of hydrogen-bond acceptors (Lipinski definition) is 2. The van der Waals surface area contributed by atoms with Crippen molar-refractivity contribution in [2.45, 2.75) is 20.8 Å². The highest BCUT2D eigenvalue weighted by Crippen LogP contribution is 2.22. The first kappa shape index (κ1) is 13.4.